The molecule has 0 aromatic carbocycles. The van der Waals surface area contributed by atoms with Crippen molar-refractivity contribution in [2.75, 3.05) is 6.61 Å². The number of ether oxygens (including phenoxy) is 1. The number of phosphoric acid groups is 3. The molecular weight excluding hydrogens is 485 g/mol. The lowest BCUT2D eigenvalue weighted by atomic mass is 10.1. The number of hydrogen-bond donors (Lipinski definition) is 7. The van der Waals surface area contributed by atoms with Crippen LogP contribution < -0.4 is 5.56 Å². The molecule has 2 rings (SSSR count). The maximum Gasteiger partial charge on any atom is 0.490 e. The second-order valence-electron chi connectivity index (χ2n) is 5.45. The van der Waals surface area contributed by atoms with Crippen molar-refractivity contribution in [1.82, 2.24) is 9.55 Å². The van der Waals surface area contributed by atoms with E-state index < -0.39 is 60.2 Å². The quantitative estimate of drug-likeness (QED) is 0.165. The topological polar surface area (TPSA) is 247 Å². The van der Waals surface area contributed by atoms with Crippen LogP contribution in [0.3, 0.4) is 0 Å². The summed E-state index contributed by atoms with van der Waals surface area (Å²) in [6.07, 6.45) is -4.97. The summed E-state index contributed by atoms with van der Waals surface area (Å²) in [6.45, 7) is -0.977. The van der Waals surface area contributed by atoms with E-state index in [-0.39, 0.29) is 4.77 Å². The van der Waals surface area contributed by atoms with Crippen LogP contribution in [-0.2, 0) is 31.6 Å². The van der Waals surface area contributed by atoms with E-state index in [0.29, 0.717) is 0 Å². The molecule has 7 N–H and O–H groups in total. The number of aromatic amines is 1. The molecule has 1 saturated heterocycles. The van der Waals surface area contributed by atoms with E-state index in [1.807, 2.05) is 0 Å². The summed E-state index contributed by atoms with van der Waals surface area (Å²) in [5, 5.41) is 20.1. The van der Waals surface area contributed by atoms with Gasteiger partial charge in [0.15, 0.2) is 11.0 Å². The zero-order chi connectivity index (χ0) is 22.2. The lowest BCUT2D eigenvalue weighted by Gasteiger charge is -2.19. The van der Waals surface area contributed by atoms with Crippen molar-refractivity contribution in [1.29, 1.82) is 0 Å². The Morgan fingerprint density at radius 1 is 1.10 bits per heavy atom. The molecule has 0 spiro atoms. The second-order valence-corrected chi connectivity index (χ2v) is 10.3. The number of aliphatic hydroxyl groups is 2. The summed E-state index contributed by atoms with van der Waals surface area (Å²) in [4.78, 5) is 48.8. The number of nitrogens with one attached hydrogen (secondary N) is 1. The first-order valence-electron chi connectivity index (χ1n) is 7.22. The van der Waals surface area contributed by atoms with E-state index in [9.17, 15) is 33.6 Å². The molecular formula is C9H15N2O14P3S. The normalized spacial score (nSPS) is 29.3. The molecule has 166 valence electrons. The SMILES string of the molecule is O=c1ccn([C@@H]2O[C@H](COP(=O)(O)OP(=O)(O)OP(=O)(O)O)[C@H](O)[C@@H]2O)c(=S)[nH]1. The predicted octanol–water partition coefficient (Wildman–Crippen LogP) is -1.13. The summed E-state index contributed by atoms with van der Waals surface area (Å²) in [5.41, 5.74) is -0.538. The van der Waals surface area contributed by atoms with Crippen molar-refractivity contribution < 1.29 is 61.4 Å². The zero-order valence-electron chi connectivity index (χ0n) is 13.8. The molecule has 1 fully saturated rings. The van der Waals surface area contributed by atoms with Gasteiger partial charge in [-0.25, -0.2) is 13.7 Å². The lowest BCUT2D eigenvalue weighted by molar-refractivity contribution is -0.0533. The van der Waals surface area contributed by atoms with Gasteiger partial charge in [-0.3, -0.25) is 18.9 Å². The van der Waals surface area contributed by atoms with E-state index in [4.69, 9.17) is 31.6 Å². The van der Waals surface area contributed by atoms with Crippen molar-refractivity contribution in [2.24, 2.45) is 0 Å². The van der Waals surface area contributed by atoms with Crippen molar-refractivity contribution in [3.63, 3.8) is 0 Å². The molecule has 2 heterocycles. The third-order valence-corrected chi connectivity index (χ3v) is 7.40. The maximum absolute atomic E-state index is 11.7. The average Bonchev–Trinajstić information content (AvgIpc) is 2.78. The van der Waals surface area contributed by atoms with Crippen LogP contribution in [0, 0.1) is 4.77 Å². The molecule has 1 aromatic rings. The summed E-state index contributed by atoms with van der Waals surface area (Å²) in [5.74, 6) is 0. The Kier molecular flexibility index (Phi) is 7.54. The first-order chi connectivity index (χ1) is 13.1. The minimum Gasteiger partial charge on any atom is -0.387 e. The van der Waals surface area contributed by atoms with Gasteiger partial charge in [-0.2, -0.15) is 8.62 Å². The van der Waals surface area contributed by atoms with Gasteiger partial charge < -0.3 is 34.5 Å². The average molecular weight is 500 g/mol. The molecule has 0 aliphatic carbocycles. The first-order valence-corrected chi connectivity index (χ1v) is 12.1. The Hall–Kier alpha value is -0.610. The first kappa shape index (κ1) is 24.7. The Morgan fingerprint density at radius 3 is 2.28 bits per heavy atom. The smallest absolute Gasteiger partial charge is 0.387 e. The summed E-state index contributed by atoms with van der Waals surface area (Å²) < 4.78 is 51.1. The number of aliphatic hydroxyl groups excluding tert-OH is 2. The third kappa shape index (κ3) is 6.95. The van der Waals surface area contributed by atoms with Gasteiger partial charge in [0, 0.05) is 12.3 Å². The minimum absolute atomic E-state index is 0.165. The van der Waals surface area contributed by atoms with Crippen LogP contribution in [0.15, 0.2) is 17.1 Å². The van der Waals surface area contributed by atoms with Gasteiger partial charge >= 0.3 is 23.5 Å². The standard InChI is InChI=1S/C9H15N2O14P3S/c12-5-1-2-11(9(29)10-5)8-7(14)6(13)4(23-8)3-22-27(18,19)25-28(20,21)24-26(15,16)17/h1-2,4,6-8,13-14H,3H2,(H,18,19)(H,20,21)(H,10,12,29)(H2,15,16,17)/t4-,6+,7+,8-/m1/s1. The molecule has 0 bridgehead atoms. The van der Waals surface area contributed by atoms with E-state index in [0.717, 1.165) is 16.8 Å². The molecule has 16 nitrogen and oxygen atoms in total. The molecule has 1 aliphatic heterocycles. The van der Waals surface area contributed by atoms with E-state index >= 15 is 0 Å². The monoisotopic (exact) mass is 500 g/mol. The number of aromatic nitrogens is 2. The highest BCUT2D eigenvalue weighted by Gasteiger charge is 2.46. The van der Waals surface area contributed by atoms with Gasteiger partial charge in [0.05, 0.1) is 6.61 Å². The molecule has 0 amide bonds. The van der Waals surface area contributed by atoms with Crippen LogP contribution in [-0.4, -0.2) is 64.3 Å². The number of rotatable bonds is 8. The van der Waals surface area contributed by atoms with Crippen molar-refractivity contribution in [3.8, 4) is 0 Å². The van der Waals surface area contributed by atoms with Crippen LogP contribution in [0.1, 0.15) is 6.23 Å². The van der Waals surface area contributed by atoms with Gasteiger partial charge in [0.2, 0.25) is 0 Å². The Morgan fingerprint density at radius 2 is 1.72 bits per heavy atom. The predicted molar refractivity (Wildman–Crippen MR) is 91.6 cm³/mol. The van der Waals surface area contributed by atoms with Crippen LogP contribution >= 0.6 is 35.7 Å². The number of hydrogen-bond acceptors (Lipinski definition) is 11. The fourth-order valence-electron chi connectivity index (χ4n) is 2.20. The summed E-state index contributed by atoms with van der Waals surface area (Å²) in [7, 11) is -16.7. The highest BCUT2D eigenvalue weighted by atomic mass is 32.1. The molecule has 1 aliphatic rings. The maximum atomic E-state index is 11.7. The van der Waals surface area contributed by atoms with E-state index in [1.165, 1.54) is 0 Å². The highest BCUT2D eigenvalue weighted by Crippen LogP contribution is 2.66. The van der Waals surface area contributed by atoms with E-state index in [2.05, 4.69) is 18.1 Å². The fraction of sp³-hybridized carbons (Fsp3) is 0.556. The van der Waals surface area contributed by atoms with Crippen molar-refractivity contribution >= 4 is 35.7 Å². The fourth-order valence-corrected chi connectivity index (χ4v) is 5.49. The minimum atomic E-state index is -5.70. The molecule has 6 atom stereocenters. The van der Waals surface area contributed by atoms with Gasteiger partial charge in [0.1, 0.15) is 18.3 Å². The third-order valence-electron chi connectivity index (χ3n) is 3.28. The number of nitrogens with zero attached hydrogens (tertiary/aromatic N) is 1. The van der Waals surface area contributed by atoms with Gasteiger partial charge in [-0.1, -0.05) is 0 Å². The molecule has 20 heteroatoms. The second kappa shape index (κ2) is 8.86. The molecule has 0 radical (unpaired) electrons. The zero-order valence-corrected chi connectivity index (χ0v) is 17.3. The van der Waals surface area contributed by atoms with Crippen LogP contribution in [0.2, 0.25) is 0 Å². The van der Waals surface area contributed by atoms with Crippen LogP contribution in [0.25, 0.3) is 0 Å². The Bertz CT molecular complexity index is 1000. The number of phosphoric ester groups is 1. The van der Waals surface area contributed by atoms with Crippen LogP contribution in [0.4, 0.5) is 0 Å². The lowest BCUT2D eigenvalue weighted by Crippen LogP contribution is -2.34. The molecule has 2 unspecified atom stereocenters. The van der Waals surface area contributed by atoms with Gasteiger partial charge in [0.25, 0.3) is 5.56 Å². The van der Waals surface area contributed by atoms with Gasteiger partial charge in [-0.15, -0.1) is 0 Å². The molecule has 29 heavy (non-hydrogen) atoms. The summed E-state index contributed by atoms with van der Waals surface area (Å²) in [6, 6.07) is 1.05. The Labute approximate surface area is 165 Å². The largest absolute Gasteiger partial charge is 0.490 e. The molecule has 1 aromatic heterocycles. The number of H-pyrrole nitrogens is 1. The molecule has 0 saturated carbocycles. The highest BCUT2D eigenvalue weighted by molar-refractivity contribution is 7.71. The van der Waals surface area contributed by atoms with E-state index in [1.54, 1.807) is 0 Å². The Balaban J connectivity index is 2.06. The van der Waals surface area contributed by atoms with Crippen LogP contribution in [0.5, 0.6) is 0 Å². The van der Waals surface area contributed by atoms with Crippen molar-refractivity contribution in [3.05, 3.63) is 27.4 Å². The van der Waals surface area contributed by atoms with Gasteiger partial charge in [-0.05, 0) is 12.2 Å². The summed E-state index contributed by atoms with van der Waals surface area (Å²) >= 11 is 4.90. The van der Waals surface area contributed by atoms with Crippen molar-refractivity contribution in [2.45, 2.75) is 24.5 Å².